The van der Waals surface area contributed by atoms with Gasteiger partial charge in [0.15, 0.2) is 0 Å². The molecule has 11 nitrogen and oxygen atoms in total. The zero-order valence-corrected chi connectivity index (χ0v) is 31.8. The van der Waals surface area contributed by atoms with E-state index in [9.17, 15) is 19.5 Å². The Morgan fingerprint density at radius 3 is 2.18 bits per heavy atom. The summed E-state index contributed by atoms with van der Waals surface area (Å²) in [5.74, 6) is -0.198. The van der Waals surface area contributed by atoms with Crippen LogP contribution in [0.15, 0.2) is 77.3 Å². The molecular weight excluding hydrogens is 719 g/mol. The number of carbonyl (C=O) groups is 3. The molecule has 0 fully saturated rings. The van der Waals surface area contributed by atoms with Gasteiger partial charge in [0, 0.05) is 6.20 Å². The number of nitrogens with one attached hydrogen (secondary N) is 3. The summed E-state index contributed by atoms with van der Waals surface area (Å²) in [6, 6.07) is 16.8. The number of carbonyl (C=O) groups excluding carboxylic acids is 3. The van der Waals surface area contributed by atoms with E-state index in [2.05, 4.69) is 39.7 Å². The van der Waals surface area contributed by atoms with Crippen LogP contribution in [0.1, 0.15) is 66.3 Å². The Hall–Kier alpha value is -4.03. The third kappa shape index (κ3) is 12.4. The summed E-state index contributed by atoms with van der Waals surface area (Å²) >= 11 is 1.57. The van der Waals surface area contributed by atoms with Gasteiger partial charge in [0.05, 0.1) is 16.4 Å². The van der Waals surface area contributed by atoms with E-state index in [1.54, 1.807) is 18.8 Å². The molecule has 13 heteroatoms. The van der Waals surface area contributed by atoms with Gasteiger partial charge in [0.25, 0.3) is 0 Å². The SMILES string of the molecule is CC(C)c1nc(CN(C)C(=O)N[C@H](C(=O)N[C@@H](Cc2ccccc2)C[C@H](O)[C@H](Cc2ccccc2)NC(=O)OCc2cncs2)C(C)C)c[se]1. The van der Waals surface area contributed by atoms with Gasteiger partial charge in [-0.1, -0.05) is 60.7 Å². The standard InChI is InChI=1S/C37H48N6O5SSe/c1-24(2)33(42-36(46)43(5)20-29-22-50-35(40-29)25(3)4)34(45)39-28(16-26-12-8-6-9-13-26)18-32(44)31(17-27-14-10-7-11-15-27)41-37(47)48-21-30-19-38-23-49-30/h6-15,19,22-25,28,31-33,44H,16-18,20-21H2,1-5H3,(H,39,45)(H,41,47)(H,42,46)/t28-,31-,32-,33-/m0/s1. The molecule has 0 radical (unpaired) electrons. The summed E-state index contributed by atoms with van der Waals surface area (Å²) in [5.41, 5.74) is 4.42. The number of aliphatic hydroxyl groups is 1. The number of amides is 4. The second kappa shape index (κ2) is 19.4. The van der Waals surface area contributed by atoms with Gasteiger partial charge in [0.1, 0.15) is 6.61 Å². The van der Waals surface area contributed by atoms with Gasteiger partial charge in [0.2, 0.25) is 0 Å². The second-order valence-electron chi connectivity index (χ2n) is 13.0. The molecule has 268 valence electrons. The molecule has 50 heavy (non-hydrogen) atoms. The number of hydrogen-bond donors (Lipinski definition) is 4. The van der Waals surface area contributed by atoms with E-state index in [1.807, 2.05) is 74.5 Å². The van der Waals surface area contributed by atoms with Crippen LogP contribution in [0.4, 0.5) is 9.59 Å². The van der Waals surface area contributed by atoms with Gasteiger partial charge < -0.3 is 15.2 Å². The quantitative estimate of drug-likeness (QED) is 0.112. The molecule has 0 spiro atoms. The molecule has 0 saturated carbocycles. The maximum absolute atomic E-state index is 13.9. The van der Waals surface area contributed by atoms with Crippen molar-refractivity contribution >= 4 is 43.9 Å². The molecule has 0 aliphatic heterocycles. The van der Waals surface area contributed by atoms with Crippen molar-refractivity contribution in [2.75, 3.05) is 7.05 Å². The summed E-state index contributed by atoms with van der Waals surface area (Å²) in [5, 5.41) is 20.6. The third-order valence-corrected chi connectivity index (χ3v) is 11.4. The Bertz CT molecular complexity index is 1620. The first-order valence-corrected chi connectivity index (χ1v) is 19.5. The fourth-order valence-corrected chi connectivity index (χ4v) is 7.63. The van der Waals surface area contributed by atoms with Crippen molar-refractivity contribution in [2.24, 2.45) is 5.92 Å². The first kappa shape index (κ1) is 38.8. The molecule has 4 amide bonds. The fraction of sp³-hybridized carbons (Fsp3) is 0.432. The van der Waals surface area contributed by atoms with E-state index in [-0.39, 0.29) is 45.4 Å². The van der Waals surface area contributed by atoms with Crippen molar-refractivity contribution in [2.45, 2.75) is 90.3 Å². The van der Waals surface area contributed by atoms with Gasteiger partial charge in [-0.2, -0.15) is 0 Å². The van der Waals surface area contributed by atoms with Crippen LogP contribution in [-0.4, -0.2) is 83.8 Å². The van der Waals surface area contributed by atoms with Crippen LogP contribution in [0.25, 0.3) is 0 Å². The number of rotatable bonds is 17. The van der Waals surface area contributed by atoms with Crippen LogP contribution in [-0.2, 0) is 35.5 Å². The van der Waals surface area contributed by atoms with Gasteiger partial charge in [-0.05, 0) is 12.0 Å². The maximum atomic E-state index is 13.9. The van der Waals surface area contributed by atoms with Gasteiger partial charge >= 0.3 is 168 Å². The second-order valence-corrected chi connectivity index (χ2v) is 15.9. The summed E-state index contributed by atoms with van der Waals surface area (Å²) < 4.78 is 6.58. The number of thiazole rings is 1. The summed E-state index contributed by atoms with van der Waals surface area (Å²) in [6.07, 6.45) is 0.854. The summed E-state index contributed by atoms with van der Waals surface area (Å²) in [6.45, 7) is 8.41. The zero-order valence-electron chi connectivity index (χ0n) is 29.2. The molecule has 4 rings (SSSR count). The first-order chi connectivity index (χ1) is 24.0. The molecule has 4 aromatic rings. The van der Waals surface area contributed by atoms with Crippen LogP contribution < -0.4 is 16.0 Å². The van der Waals surface area contributed by atoms with Crippen molar-refractivity contribution in [3.63, 3.8) is 0 Å². The molecular formula is C37H48N6O5SSe. The monoisotopic (exact) mass is 768 g/mol. The molecule has 0 saturated heterocycles. The number of alkyl carbamates (subject to hydrolysis) is 1. The Morgan fingerprint density at radius 2 is 1.60 bits per heavy atom. The number of hydrogen-bond acceptors (Lipinski definition) is 8. The number of aromatic nitrogens is 2. The Kier molecular flexibility index (Phi) is 15.0. The minimum atomic E-state index is -1.05. The average molecular weight is 768 g/mol. The van der Waals surface area contributed by atoms with E-state index in [1.165, 1.54) is 16.2 Å². The van der Waals surface area contributed by atoms with Crippen LogP contribution in [0, 0.1) is 5.92 Å². The minimum absolute atomic E-state index is 0.0689. The van der Waals surface area contributed by atoms with Crippen molar-refractivity contribution in [3.05, 3.63) is 104 Å². The van der Waals surface area contributed by atoms with E-state index >= 15 is 0 Å². The molecule has 0 aliphatic carbocycles. The van der Waals surface area contributed by atoms with Crippen molar-refractivity contribution in [1.29, 1.82) is 0 Å². The zero-order chi connectivity index (χ0) is 36.0. The van der Waals surface area contributed by atoms with Crippen molar-refractivity contribution in [3.8, 4) is 0 Å². The molecule has 2 heterocycles. The molecule has 0 bridgehead atoms. The predicted molar refractivity (Wildman–Crippen MR) is 196 cm³/mol. The van der Waals surface area contributed by atoms with Crippen LogP contribution in [0.2, 0.25) is 0 Å². The van der Waals surface area contributed by atoms with Crippen molar-refractivity contribution in [1.82, 2.24) is 30.8 Å². The number of aliphatic hydroxyl groups excluding tert-OH is 1. The van der Waals surface area contributed by atoms with Gasteiger partial charge in [-0.25, -0.2) is 4.79 Å². The van der Waals surface area contributed by atoms with Crippen LogP contribution >= 0.6 is 11.3 Å². The Balaban J connectivity index is 1.46. The molecule has 4 N–H and O–H groups in total. The number of nitrogens with zero attached hydrogens (tertiary/aromatic N) is 3. The molecule has 2 aromatic heterocycles. The Morgan fingerprint density at radius 1 is 0.940 bits per heavy atom. The summed E-state index contributed by atoms with van der Waals surface area (Å²) in [4.78, 5) is 53.2. The average Bonchev–Trinajstić information content (AvgIpc) is 3.79. The predicted octanol–water partition coefficient (Wildman–Crippen LogP) is 4.90. The van der Waals surface area contributed by atoms with E-state index in [0.29, 0.717) is 25.3 Å². The summed E-state index contributed by atoms with van der Waals surface area (Å²) in [7, 11) is 1.69. The number of benzene rings is 2. The molecule has 0 aliphatic rings. The molecule has 4 atom stereocenters. The van der Waals surface area contributed by atoms with Gasteiger partial charge in [-0.15, -0.1) is 11.3 Å². The van der Waals surface area contributed by atoms with E-state index in [4.69, 9.17) is 9.72 Å². The molecule has 2 aromatic carbocycles. The fourth-order valence-electron chi connectivity index (χ4n) is 5.39. The number of ether oxygens (including phenoxy) is 1. The van der Waals surface area contributed by atoms with Gasteiger partial charge in [-0.3, -0.25) is 4.98 Å². The number of urea groups is 1. The normalized spacial score (nSPS) is 13.7. The topological polar surface area (TPSA) is 146 Å². The van der Waals surface area contributed by atoms with E-state index in [0.717, 1.165) is 26.3 Å². The molecule has 0 unspecified atom stereocenters. The van der Waals surface area contributed by atoms with Crippen LogP contribution in [0.5, 0.6) is 0 Å². The Labute approximate surface area is 304 Å². The van der Waals surface area contributed by atoms with E-state index < -0.39 is 30.3 Å². The third-order valence-electron chi connectivity index (χ3n) is 8.13. The van der Waals surface area contributed by atoms with Crippen LogP contribution in [0.3, 0.4) is 0 Å². The van der Waals surface area contributed by atoms with Crippen molar-refractivity contribution < 1.29 is 24.2 Å². The first-order valence-electron chi connectivity index (χ1n) is 16.8.